The van der Waals surface area contributed by atoms with E-state index in [-0.39, 0.29) is 11.5 Å². The summed E-state index contributed by atoms with van der Waals surface area (Å²) in [7, 11) is -3.61. The summed E-state index contributed by atoms with van der Waals surface area (Å²) in [6, 6.07) is 8.80. The van der Waals surface area contributed by atoms with Gasteiger partial charge in [-0.1, -0.05) is 43.9 Å². The molecule has 0 N–H and O–H groups in total. The number of ketones is 1. The minimum absolute atomic E-state index is 0.215. The number of oxazole rings is 1. The third-order valence-electron chi connectivity index (χ3n) is 7.00. The predicted octanol–water partition coefficient (Wildman–Crippen LogP) is 5.66. The zero-order valence-electron chi connectivity index (χ0n) is 21.2. The van der Waals surface area contributed by atoms with Gasteiger partial charge in [0.05, 0.1) is 11.4 Å². The summed E-state index contributed by atoms with van der Waals surface area (Å²) in [5.41, 5.74) is 2.31. The summed E-state index contributed by atoms with van der Waals surface area (Å²) in [5.74, 6) is -0.0507. The second-order valence-corrected chi connectivity index (χ2v) is 11.9. The average molecular weight is 489 g/mol. The highest BCUT2D eigenvalue weighted by Crippen LogP contribution is 2.26. The number of hydrogen-bond acceptors (Lipinski definition) is 6. The van der Waals surface area contributed by atoms with Crippen LogP contribution in [0.15, 0.2) is 28.7 Å². The van der Waals surface area contributed by atoms with Gasteiger partial charge in [0.2, 0.25) is 5.89 Å². The van der Waals surface area contributed by atoms with E-state index in [9.17, 15) is 13.2 Å². The molecule has 1 aliphatic carbocycles. The fraction of sp³-hybridized carbons (Fsp3) is 0.630. The molecule has 1 heterocycles. The van der Waals surface area contributed by atoms with Crippen LogP contribution in [0.3, 0.4) is 0 Å². The summed E-state index contributed by atoms with van der Waals surface area (Å²) >= 11 is 0. The maximum atomic E-state index is 12.7. The normalized spacial score (nSPS) is 16.1. The van der Waals surface area contributed by atoms with E-state index in [0.29, 0.717) is 42.3 Å². The molecule has 1 saturated carbocycles. The monoisotopic (exact) mass is 488 g/mol. The molecule has 7 heteroatoms. The van der Waals surface area contributed by atoms with Gasteiger partial charge in [-0.25, -0.2) is 13.4 Å². The lowest BCUT2D eigenvalue weighted by Gasteiger charge is -2.38. The fourth-order valence-electron chi connectivity index (χ4n) is 4.83. The van der Waals surface area contributed by atoms with Crippen LogP contribution in [-0.4, -0.2) is 48.5 Å². The van der Waals surface area contributed by atoms with E-state index >= 15 is 0 Å². The third-order valence-corrected chi connectivity index (χ3v) is 8.48. The zero-order valence-corrected chi connectivity index (χ0v) is 22.0. The second-order valence-electron chi connectivity index (χ2n) is 9.85. The molecule has 34 heavy (non-hydrogen) atoms. The molecule has 0 amide bonds. The smallest absolute Gasteiger partial charge is 0.226 e. The van der Waals surface area contributed by atoms with Crippen molar-refractivity contribution in [3.05, 3.63) is 41.3 Å². The van der Waals surface area contributed by atoms with Crippen molar-refractivity contribution in [1.29, 1.82) is 0 Å². The lowest BCUT2D eigenvalue weighted by Crippen LogP contribution is -2.43. The Labute approximate surface area is 205 Å². The first-order valence-electron chi connectivity index (χ1n) is 12.7. The van der Waals surface area contributed by atoms with E-state index < -0.39 is 15.6 Å². The van der Waals surface area contributed by atoms with Crippen molar-refractivity contribution in [1.82, 2.24) is 9.88 Å². The van der Waals surface area contributed by atoms with E-state index in [2.05, 4.69) is 23.7 Å². The molecule has 1 unspecified atom stereocenters. The van der Waals surface area contributed by atoms with Gasteiger partial charge in [0.15, 0.2) is 9.84 Å². The fourth-order valence-corrected chi connectivity index (χ4v) is 6.25. The molecule has 188 valence electrons. The number of carbonyl (C=O) groups is 1. The number of rotatable bonds is 12. The molecule has 0 saturated heterocycles. The van der Waals surface area contributed by atoms with Crippen molar-refractivity contribution in [2.45, 2.75) is 96.9 Å². The van der Waals surface area contributed by atoms with Gasteiger partial charge in [-0.2, -0.15) is 0 Å². The molecule has 0 spiro atoms. The topological polar surface area (TPSA) is 80.5 Å². The van der Waals surface area contributed by atoms with Crippen molar-refractivity contribution < 1.29 is 17.6 Å². The number of aryl methyl sites for hydroxylation is 2. The van der Waals surface area contributed by atoms with Gasteiger partial charge in [0, 0.05) is 24.1 Å². The van der Waals surface area contributed by atoms with Crippen LogP contribution in [0, 0.1) is 13.8 Å². The molecule has 0 aliphatic heterocycles. The van der Waals surface area contributed by atoms with Gasteiger partial charge < -0.3 is 4.42 Å². The first-order valence-corrected chi connectivity index (χ1v) is 14.5. The first-order chi connectivity index (χ1) is 16.2. The molecular weight excluding hydrogens is 448 g/mol. The number of hydrogen-bond donors (Lipinski definition) is 0. The Morgan fingerprint density at radius 3 is 2.47 bits per heavy atom. The lowest BCUT2D eigenvalue weighted by molar-refractivity contribution is -0.116. The number of aromatic nitrogens is 1. The number of Topliss-reactive ketones (excluding diaryl/α,β-unsaturated/α-hetero) is 1. The summed E-state index contributed by atoms with van der Waals surface area (Å²) in [5, 5.41) is 0. The Kier molecular flexibility index (Phi) is 9.48. The van der Waals surface area contributed by atoms with Crippen molar-refractivity contribution in [2.24, 2.45) is 0 Å². The molecular formula is C27H40N2O4S. The number of nitrogens with zero attached hydrogens (tertiary/aromatic N) is 2. The largest absolute Gasteiger partial charge is 0.441 e. The third kappa shape index (κ3) is 7.51. The minimum Gasteiger partial charge on any atom is -0.441 e. The Morgan fingerprint density at radius 2 is 1.82 bits per heavy atom. The minimum atomic E-state index is -3.61. The quantitative estimate of drug-likeness (QED) is 0.384. The van der Waals surface area contributed by atoms with Crippen LogP contribution in [0.5, 0.6) is 0 Å². The summed E-state index contributed by atoms with van der Waals surface area (Å²) < 4.78 is 31.2. The van der Waals surface area contributed by atoms with Gasteiger partial charge >= 0.3 is 0 Å². The van der Waals surface area contributed by atoms with Crippen molar-refractivity contribution in [3.63, 3.8) is 0 Å². The van der Waals surface area contributed by atoms with Crippen LogP contribution in [0.25, 0.3) is 11.5 Å². The SMILES string of the molecule is CCC(C)N(CCCC(=O)CS(=O)(=O)Cc1nc(-c2ccc(C)cc2)oc1C)C1CCCCC1. The van der Waals surface area contributed by atoms with Crippen molar-refractivity contribution in [2.75, 3.05) is 12.3 Å². The Morgan fingerprint density at radius 1 is 1.15 bits per heavy atom. The molecule has 1 atom stereocenters. The maximum Gasteiger partial charge on any atom is 0.226 e. The predicted molar refractivity (Wildman–Crippen MR) is 136 cm³/mol. The molecule has 1 aromatic carbocycles. The summed E-state index contributed by atoms with van der Waals surface area (Å²) in [6.07, 6.45) is 8.42. The van der Waals surface area contributed by atoms with Crippen molar-refractivity contribution >= 4 is 15.6 Å². The van der Waals surface area contributed by atoms with Crippen LogP contribution in [0.4, 0.5) is 0 Å². The second kappa shape index (κ2) is 12.1. The average Bonchev–Trinajstić information content (AvgIpc) is 3.16. The highest BCUT2D eigenvalue weighted by Gasteiger charge is 2.25. The van der Waals surface area contributed by atoms with Gasteiger partial charge in [0.25, 0.3) is 0 Å². The molecule has 2 aromatic rings. The Balaban J connectivity index is 1.53. The van der Waals surface area contributed by atoms with Crippen LogP contribution >= 0.6 is 0 Å². The van der Waals surface area contributed by atoms with Crippen LogP contribution in [-0.2, 0) is 20.4 Å². The highest BCUT2D eigenvalue weighted by atomic mass is 32.2. The van der Waals surface area contributed by atoms with Gasteiger partial charge in [-0.15, -0.1) is 0 Å². The molecule has 1 fully saturated rings. The van der Waals surface area contributed by atoms with E-state index in [1.807, 2.05) is 31.2 Å². The number of benzene rings is 1. The maximum absolute atomic E-state index is 12.7. The Bertz CT molecular complexity index is 1040. The summed E-state index contributed by atoms with van der Waals surface area (Å²) in [4.78, 5) is 19.5. The molecule has 1 aliphatic rings. The van der Waals surface area contributed by atoms with Crippen molar-refractivity contribution in [3.8, 4) is 11.5 Å². The molecule has 3 rings (SSSR count). The number of sulfone groups is 1. The highest BCUT2D eigenvalue weighted by molar-refractivity contribution is 7.91. The van der Waals surface area contributed by atoms with E-state index in [0.717, 1.165) is 24.1 Å². The van der Waals surface area contributed by atoms with Gasteiger partial charge in [-0.3, -0.25) is 9.69 Å². The zero-order chi connectivity index (χ0) is 24.7. The number of carbonyl (C=O) groups excluding carboxylic acids is 1. The summed E-state index contributed by atoms with van der Waals surface area (Å²) in [6.45, 7) is 9.03. The van der Waals surface area contributed by atoms with Gasteiger partial charge in [-0.05, 0) is 65.1 Å². The standard InChI is InChI=1S/C27H40N2O4S/c1-5-21(3)29(24-10-7-6-8-11-24)17-9-12-25(30)18-34(31,32)19-26-22(4)33-27(28-26)23-15-13-20(2)14-16-23/h13-16,21,24H,5-12,17-19H2,1-4H3. The first kappa shape index (κ1) is 26.6. The van der Waals surface area contributed by atoms with Crippen LogP contribution < -0.4 is 0 Å². The molecule has 1 aromatic heterocycles. The van der Waals surface area contributed by atoms with Gasteiger partial charge in [0.1, 0.15) is 17.3 Å². The lowest BCUT2D eigenvalue weighted by atomic mass is 9.92. The van der Waals surface area contributed by atoms with E-state index in [1.165, 1.54) is 32.1 Å². The van der Waals surface area contributed by atoms with E-state index in [1.54, 1.807) is 6.92 Å². The van der Waals surface area contributed by atoms with Crippen LogP contribution in [0.2, 0.25) is 0 Å². The van der Waals surface area contributed by atoms with E-state index in [4.69, 9.17) is 4.42 Å². The van der Waals surface area contributed by atoms with Crippen LogP contribution in [0.1, 0.15) is 82.2 Å². The molecule has 0 radical (unpaired) electrons. The Hall–Kier alpha value is -1.99. The molecule has 0 bridgehead atoms. The molecule has 6 nitrogen and oxygen atoms in total.